The van der Waals surface area contributed by atoms with Crippen molar-refractivity contribution >= 4 is 5.97 Å². The summed E-state index contributed by atoms with van der Waals surface area (Å²) in [5.41, 5.74) is 0. The van der Waals surface area contributed by atoms with Crippen molar-refractivity contribution in [2.75, 3.05) is 53.2 Å². The largest absolute Gasteiger partial charge is 0.480 e. The van der Waals surface area contributed by atoms with Gasteiger partial charge in [0, 0.05) is 20.2 Å². The smallest absolute Gasteiger partial charge is 0.321 e. The molecule has 2 aliphatic rings. The summed E-state index contributed by atoms with van der Waals surface area (Å²) in [4.78, 5) is 13.6. The monoisotopic (exact) mass is 301 g/mol. The first-order valence-corrected chi connectivity index (χ1v) is 7.85. The summed E-state index contributed by atoms with van der Waals surface area (Å²) in [5, 5.41) is 9.44. The molecule has 0 aromatic heterocycles. The van der Waals surface area contributed by atoms with Crippen LogP contribution in [0.3, 0.4) is 0 Å². The molecule has 6 heteroatoms. The molecule has 2 fully saturated rings. The number of carbonyl (C=O) groups is 1. The van der Waals surface area contributed by atoms with E-state index < -0.39 is 5.97 Å². The molecule has 6 nitrogen and oxygen atoms in total. The van der Waals surface area contributed by atoms with Crippen LogP contribution in [0, 0.1) is 11.8 Å². The third kappa shape index (κ3) is 4.64. The van der Waals surface area contributed by atoms with E-state index in [9.17, 15) is 9.90 Å². The molecule has 1 aliphatic carbocycles. The molecule has 1 heterocycles. The zero-order valence-electron chi connectivity index (χ0n) is 12.8. The van der Waals surface area contributed by atoms with E-state index in [2.05, 4.69) is 4.90 Å². The van der Waals surface area contributed by atoms with Crippen LogP contribution in [0.25, 0.3) is 0 Å². The molecule has 0 spiro atoms. The van der Waals surface area contributed by atoms with Crippen LogP contribution in [-0.4, -0.2) is 75.3 Å². The zero-order valence-corrected chi connectivity index (χ0v) is 12.8. The molecule has 0 aromatic rings. The summed E-state index contributed by atoms with van der Waals surface area (Å²) >= 11 is 0. The van der Waals surface area contributed by atoms with Crippen LogP contribution < -0.4 is 0 Å². The van der Waals surface area contributed by atoms with Crippen LogP contribution in [0.2, 0.25) is 0 Å². The zero-order chi connectivity index (χ0) is 15.1. The summed E-state index contributed by atoms with van der Waals surface area (Å²) in [5.74, 6) is 0.246. The minimum Gasteiger partial charge on any atom is -0.480 e. The topological polar surface area (TPSA) is 68.2 Å². The average Bonchev–Trinajstić information content (AvgIpc) is 3.01. The molecule has 3 unspecified atom stereocenters. The predicted molar refractivity (Wildman–Crippen MR) is 77.3 cm³/mol. The van der Waals surface area contributed by atoms with E-state index in [-0.39, 0.29) is 6.04 Å². The molecule has 1 saturated heterocycles. The first kappa shape index (κ1) is 16.7. The first-order valence-electron chi connectivity index (χ1n) is 7.85. The summed E-state index contributed by atoms with van der Waals surface area (Å²) in [7, 11) is 1.64. The van der Waals surface area contributed by atoms with E-state index in [1.807, 2.05) is 0 Å². The van der Waals surface area contributed by atoms with Crippen LogP contribution >= 0.6 is 0 Å². The van der Waals surface area contributed by atoms with Gasteiger partial charge in [-0.25, -0.2) is 0 Å². The lowest BCUT2D eigenvalue weighted by Crippen LogP contribution is -2.41. The number of carboxylic acid groups (broad SMARTS) is 1. The maximum Gasteiger partial charge on any atom is 0.321 e. The number of hydrogen-bond donors (Lipinski definition) is 1. The fraction of sp³-hybridized carbons (Fsp3) is 0.933. The van der Waals surface area contributed by atoms with Gasteiger partial charge in [0.15, 0.2) is 0 Å². The van der Waals surface area contributed by atoms with E-state index in [1.165, 1.54) is 12.8 Å². The van der Waals surface area contributed by atoms with Gasteiger partial charge in [-0.2, -0.15) is 0 Å². The van der Waals surface area contributed by atoms with Gasteiger partial charge in [0.1, 0.15) is 6.04 Å². The Morgan fingerprint density at radius 1 is 1.14 bits per heavy atom. The second kappa shape index (κ2) is 8.68. The maximum atomic E-state index is 11.5. The molecular weight excluding hydrogens is 274 g/mol. The van der Waals surface area contributed by atoms with E-state index >= 15 is 0 Å². The van der Waals surface area contributed by atoms with Gasteiger partial charge in [-0.05, 0) is 24.7 Å². The van der Waals surface area contributed by atoms with Gasteiger partial charge < -0.3 is 19.3 Å². The van der Waals surface area contributed by atoms with Crippen LogP contribution in [0.15, 0.2) is 0 Å². The Morgan fingerprint density at radius 2 is 1.86 bits per heavy atom. The predicted octanol–water partition coefficient (Wildman–Crippen LogP) is 0.851. The number of carboxylic acids is 1. The molecular formula is C15H27NO5. The molecule has 1 N–H and O–H groups in total. The van der Waals surface area contributed by atoms with Crippen molar-refractivity contribution in [2.45, 2.75) is 25.3 Å². The maximum absolute atomic E-state index is 11.5. The highest BCUT2D eigenvalue weighted by Crippen LogP contribution is 2.41. The summed E-state index contributed by atoms with van der Waals surface area (Å²) < 4.78 is 15.7. The Morgan fingerprint density at radius 3 is 2.57 bits per heavy atom. The van der Waals surface area contributed by atoms with Crippen LogP contribution in [-0.2, 0) is 19.0 Å². The lowest BCUT2D eigenvalue weighted by atomic mass is 9.94. The van der Waals surface area contributed by atoms with E-state index in [0.29, 0.717) is 51.4 Å². The highest BCUT2D eigenvalue weighted by molar-refractivity contribution is 5.74. The Bertz CT molecular complexity index is 325. The van der Waals surface area contributed by atoms with Crippen molar-refractivity contribution in [1.82, 2.24) is 4.90 Å². The van der Waals surface area contributed by atoms with Crippen molar-refractivity contribution < 1.29 is 24.1 Å². The van der Waals surface area contributed by atoms with Crippen molar-refractivity contribution in [1.29, 1.82) is 0 Å². The average molecular weight is 301 g/mol. The molecule has 1 aliphatic heterocycles. The number of likely N-dealkylation sites (tertiary alicyclic amines) is 1. The summed E-state index contributed by atoms with van der Waals surface area (Å²) in [6.45, 7) is 4.45. The van der Waals surface area contributed by atoms with E-state index in [4.69, 9.17) is 14.2 Å². The summed E-state index contributed by atoms with van der Waals surface area (Å²) in [6, 6.07) is -0.306. The minimum atomic E-state index is -0.674. The van der Waals surface area contributed by atoms with Gasteiger partial charge in [0.25, 0.3) is 0 Å². The Hall–Kier alpha value is -0.690. The second-order valence-electron chi connectivity index (χ2n) is 5.85. The van der Waals surface area contributed by atoms with E-state index in [0.717, 1.165) is 13.0 Å². The van der Waals surface area contributed by atoms with Gasteiger partial charge in [-0.3, -0.25) is 9.69 Å². The van der Waals surface area contributed by atoms with Crippen molar-refractivity contribution in [2.24, 2.45) is 11.8 Å². The SMILES string of the molecule is COCCOCCOCCN1CC2CCCC2C1C(=O)O. The third-order valence-corrected chi connectivity index (χ3v) is 4.57. The number of hydrogen-bond acceptors (Lipinski definition) is 5. The van der Waals surface area contributed by atoms with Gasteiger partial charge >= 0.3 is 5.97 Å². The molecule has 3 atom stereocenters. The number of methoxy groups -OCH3 is 1. The number of fused-ring (bicyclic) bond motifs is 1. The molecule has 0 aromatic carbocycles. The van der Waals surface area contributed by atoms with Gasteiger partial charge in [-0.1, -0.05) is 6.42 Å². The molecule has 1 saturated carbocycles. The molecule has 21 heavy (non-hydrogen) atoms. The number of aliphatic carboxylic acids is 1. The molecule has 0 bridgehead atoms. The fourth-order valence-corrected chi connectivity index (χ4v) is 3.61. The van der Waals surface area contributed by atoms with Gasteiger partial charge in [0.05, 0.1) is 33.0 Å². The van der Waals surface area contributed by atoms with Crippen LogP contribution in [0.4, 0.5) is 0 Å². The third-order valence-electron chi connectivity index (χ3n) is 4.57. The highest BCUT2D eigenvalue weighted by Gasteiger charge is 2.47. The second-order valence-corrected chi connectivity index (χ2v) is 5.85. The number of rotatable bonds is 10. The number of ether oxygens (including phenoxy) is 3. The van der Waals surface area contributed by atoms with E-state index in [1.54, 1.807) is 7.11 Å². The molecule has 0 radical (unpaired) electrons. The fourth-order valence-electron chi connectivity index (χ4n) is 3.61. The van der Waals surface area contributed by atoms with Gasteiger partial charge in [-0.15, -0.1) is 0 Å². The Kier molecular flexibility index (Phi) is 6.89. The lowest BCUT2D eigenvalue weighted by molar-refractivity contribution is -0.143. The summed E-state index contributed by atoms with van der Waals surface area (Å²) in [6.07, 6.45) is 3.42. The Labute approximate surface area is 126 Å². The van der Waals surface area contributed by atoms with Crippen LogP contribution in [0.5, 0.6) is 0 Å². The van der Waals surface area contributed by atoms with Gasteiger partial charge in [0.2, 0.25) is 0 Å². The first-order chi connectivity index (χ1) is 10.2. The normalized spacial score (nSPS) is 28.9. The lowest BCUT2D eigenvalue weighted by Gasteiger charge is -2.23. The molecule has 0 amide bonds. The quantitative estimate of drug-likeness (QED) is 0.603. The highest BCUT2D eigenvalue weighted by atomic mass is 16.5. The van der Waals surface area contributed by atoms with Crippen molar-refractivity contribution in [3.63, 3.8) is 0 Å². The molecule has 2 rings (SSSR count). The Balaban J connectivity index is 1.60. The standard InChI is InChI=1S/C15H27NO5/c1-19-7-8-21-10-9-20-6-5-16-11-12-3-2-4-13(12)14(16)15(17)18/h12-14H,2-11H2,1H3,(H,17,18). The van der Waals surface area contributed by atoms with Crippen molar-refractivity contribution in [3.8, 4) is 0 Å². The number of nitrogens with zero attached hydrogens (tertiary/aromatic N) is 1. The minimum absolute atomic E-state index is 0.306. The molecule has 122 valence electrons. The van der Waals surface area contributed by atoms with Crippen LogP contribution in [0.1, 0.15) is 19.3 Å². The van der Waals surface area contributed by atoms with Crippen molar-refractivity contribution in [3.05, 3.63) is 0 Å².